The monoisotopic (exact) mass is 372 g/mol. The molecule has 1 aromatic rings. The summed E-state index contributed by atoms with van der Waals surface area (Å²) in [6.45, 7) is 5.88. The summed E-state index contributed by atoms with van der Waals surface area (Å²) in [6, 6.07) is 2.46. The maximum Gasteiger partial charge on any atom is 0.335 e. The molecule has 0 amide bonds. The summed E-state index contributed by atoms with van der Waals surface area (Å²) in [5.74, 6) is -1.24. The third-order valence-corrected chi connectivity index (χ3v) is 6.30. The molecule has 0 aromatic heterocycles. The Kier molecular flexibility index (Phi) is 4.96. The molecule has 0 saturated heterocycles. The second kappa shape index (κ2) is 5.61. The van der Waals surface area contributed by atoms with Crippen LogP contribution in [-0.4, -0.2) is 24.2 Å². The predicted molar refractivity (Wildman–Crippen MR) is 84.3 cm³/mol. The molecule has 1 N–H and O–H groups in total. The third kappa shape index (κ3) is 3.47. The molecule has 1 aromatic carbocycles. The van der Waals surface area contributed by atoms with Gasteiger partial charge >= 0.3 is 5.97 Å². The SMILES string of the molecule is Cc1c(C(=O)O)ccc(C(Cl)(Cl)Cl)c1S(=O)(=O)C(C)(C)C. The summed E-state index contributed by atoms with van der Waals surface area (Å²) >= 11 is 17.5. The number of sulfone groups is 1. The van der Waals surface area contributed by atoms with Crippen molar-refractivity contribution in [3.8, 4) is 0 Å². The molecule has 0 saturated carbocycles. The Bertz CT molecular complexity index is 683. The van der Waals surface area contributed by atoms with E-state index in [0.29, 0.717) is 0 Å². The molecule has 118 valence electrons. The summed E-state index contributed by atoms with van der Waals surface area (Å²) < 4.78 is 22.4. The summed E-state index contributed by atoms with van der Waals surface area (Å²) in [7, 11) is -3.89. The van der Waals surface area contributed by atoms with Crippen LogP contribution in [0.1, 0.15) is 42.3 Å². The Balaban J connectivity index is 3.93. The molecule has 0 aliphatic rings. The highest BCUT2D eigenvalue weighted by atomic mass is 35.6. The van der Waals surface area contributed by atoms with E-state index >= 15 is 0 Å². The van der Waals surface area contributed by atoms with Gasteiger partial charge in [-0.1, -0.05) is 40.9 Å². The molecule has 0 bridgehead atoms. The van der Waals surface area contributed by atoms with Crippen LogP contribution >= 0.6 is 34.8 Å². The standard InChI is InChI=1S/C13H15Cl3O4S/c1-7-8(11(17)18)5-6-9(13(14,15)16)10(7)21(19,20)12(2,3)4/h5-6H,1-4H3,(H,17,18). The molecule has 0 spiro atoms. The number of alkyl halides is 3. The lowest BCUT2D eigenvalue weighted by atomic mass is 10.1. The van der Waals surface area contributed by atoms with Gasteiger partial charge in [-0.3, -0.25) is 0 Å². The van der Waals surface area contributed by atoms with Crippen LogP contribution < -0.4 is 0 Å². The first kappa shape index (κ1) is 18.6. The second-order valence-electron chi connectivity index (χ2n) is 5.53. The number of carboxylic acid groups (broad SMARTS) is 1. The number of aromatic carboxylic acids is 1. The largest absolute Gasteiger partial charge is 0.478 e. The molecule has 0 aliphatic heterocycles. The van der Waals surface area contributed by atoms with E-state index in [1.807, 2.05) is 0 Å². The van der Waals surface area contributed by atoms with Crippen LogP contribution in [0.25, 0.3) is 0 Å². The number of carboxylic acids is 1. The number of carbonyl (C=O) groups is 1. The highest BCUT2D eigenvalue weighted by Crippen LogP contribution is 2.44. The molecule has 1 rings (SSSR count). The zero-order valence-electron chi connectivity index (χ0n) is 11.9. The molecule has 0 unspecified atom stereocenters. The first-order valence-corrected chi connectivity index (χ1v) is 8.51. The average Bonchev–Trinajstić information content (AvgIpc) is 2.24. The van der Waals surface area contributed by atoms with Crippen LogP contribution in [-0.2, 0) is 13.6 Å². The topological polar surface area (TPSA) is 71.4 Å². The number of rotatable bonds is 2. The minimum absolute atomic E-state index is 0.0510. The Morgan fingerprint density at radius 3 is 1.95 bits per heavy atom. The normalized spacial score (nSPS) is 13.3. The van der Waals surface area contributed by atoms with Crippen molar-refractivity contribution >= 4 is 50.6 Å². The molecule has 0 atom stereocenters. The Morgan fingerprint density at radius 2 is 1.62 bits per heavy atom. The van der Waals surface area contributed by atoms with Crippen molar-refractivity contribution in [2.75, 3.05) is 0 Å². The van der Waals surface area contributed by atoms with E-state index in [4.69, 9.17) is 39.9 Å². The Hall–Kier alpha value is -0.490. The number of hydrogen-bond acceptors (Lipinski definition) is 3. The number of halogens is 3. The van der Waals surface area contributed by atoms with E-state index in [9.17, 15) is 13.2 Å². The van der Waals surface area contributed by atoms with Gasteiger partial charge in [0.25, 0.3) is 0 Å². The number of hydrogen-bond donors (Lipinski definition) is 1. The molecular weight excluding hydrogens is 359 g/mol. The third-order valence-electron chi connectivity index (χ3n) is 3.02. The van der Waals surface area contributed by atoms with Crippen LogP contribution in [0.2, 0.25) is 0 Å². The van der Waals surface area contributed by atoms with Crippen LogP contribution in [0.15, 0.2) is 17.0 Å². The van der Waals surface area contributed by atoms with Crippen LogP contribution in [0.4, 0.5) is 0 Å². The zero-order chi connectivity index (χ0) is 16.8. The molecule has 0 fully saturated rings. The summed E-state index contributed by atoms with van der Waals surface area (Å²) in [5, 5.41) is 9.16. The van der Waals surface area contributed by atoms with Crippen LogP contribution in [0, 0.1) is 6.92 Å². The minimum Gasteiger partial charge on any atom is -0.478 e. The van der Waals surface area contributed by atoms with Gasteiger partial charge in [0.05, 0.1) is 15.2 Å². The van der Waals surface area contributed by atoms with Gasteiger partial charge < -0.3 is 5.11 Å². The van der Waals surface area contributed by atoms with Crippen molar-refractivity contribution in [2.24, 2.45) is 0 Å². The van der Waals surface area contributed by atoms with Crippen molar-refractivity contribution in [1.82, 2.24) is 0 Å². The fourth-order valence-corrected chi connectivity index (χ4v) is 4.08. The highest BCUT2D eigenvalue weighted by molar-refractivity contribution is 7.92. The van der Waals surface area contributed by atoms with E-state index in [-0.39, 0.29) is 21.6 Å². The quantitative estimate of drug-likeness (QED) is 0.792. The zero-order valence-corrected chi connectivity index (χ0v) is 15.0. The van der Waals surface area contributed by atoms with E-state index in [1.54, 1.807) is 0 Å². The van der Waals surface area contributed by atoms with E-state index in [1.165, 1.54) is 39.8 Å². The minimum atomic E-state index is -3.89. The fraction of sp³-hybridized carbons (Fsp3) is 0.462. The molecule has 8 heteroatoms. The van der Waals surface area contributed by atoms with Crippen molar-refractivity contribution in [2.45, 2.75) is 41.1 Å². The maximum absolute atomic E-state index is 12.7. The first-order chi connectivity index (χ1) is 9.21. The van der Waals surface area contributed by atoms with Gasteiger partial charge in [0, 0.05) is 5.56 Å². The first-order valence-electron chi connectivity index (χ1n) is 5.90. The highest BCUT2D eigenvalue weighted by Gasteiger charge is 2.39. The summed E-state index contributed by atoms with van der Waals surface area (Å²) in [5.41, 5.74) is -0.137. The van der Waals surface area contributed by atoms with Gasteiger partial charge in [0.1, 0.15) is 0 Å². The van der Waals surface area contributed by atoms with Gasteiger partial charge in [-0.05, 0) is 39.3 Å². The number of benzene rings is 1. The molecule has 0 radical (unpaired) electrons. The van der Waals surface area contributed by atoms with Gasteiger partial charge in [0.15, 0.2) is 9.84 Å². The van der Waals surface area contributed by atoms with Crippen molar-refractivity contribution in [3.63, 3.8) is 0 Å². The van der Waals surface area contributed by atoms with Crippen LogP contribution in [0.5, 0.6) is 0 Å². The smallest absolute Gasteiger partial charge is 0.335 e. The summed E-state index contributed by atoms with van der Waals surface area (Å²) in [4.78, 5) is 11.0. The molecule has 0 heterocycles. The average molecular weight is 374 g/mol. The second-order valence-corrected chi connectivity index (χ2v) is 10.5. The van der Waals surface area contributed by atoms with Gasteiger partial charge in [-0.15, -0.1) is 0 Å². The molecule has 0 aliphatic carbocycles. The van der Waals surface area contributed by atoms with Crippen LogP contribution in [0.3, 0.4) is 0 Å². The molecule has 4 nitrogen and oxygen atoms in total. The maximum atomic E-state index is 12.7. The van der Waals surface area contributed by atoms with E-state index in [0.717, 1.165) is 0 Å². The van der Waals surface area contributed by atoms with Crippen molar-refractivity contribution in [1.29, 1.82) is 0 Å². The Morgan fingerprint density at radius 1 is 1.14 bits per heavy atom. The lowest BCUT2D eigenvalue weighted by Gasteiger charge is -2.26. The summed E-state index contributed by atoms with van der Waals surface area (Å²) in [6.07, 6.45) is 0. The van der Waals surface area contributed by atoms with Gasteiger partial charge in [-0.2, -0.15) is 0 Å². The van der Waals surface area contributed by atoms with Crippen molar-refractivity contribution < 1.29 is 18.3 Å². The molecular formula is C13H15Cl3O4S. The lowest BCUT2D eigenvalue weighted by Crippen LogP contribution is -2.31. The van der Waals surface area contributed by atoms with E-state index in [2.05, 4.69) is 0 Å². The fourth-order valence-electron chi connectivity index (χ4n) is 1.80. The molecule has 21 heavy (non-hydrogen) atoms. The predicted octanol–water partition coefficient (Wildman–Crippen LogP) is 4.09. The van der Waals surface area contributed by atoms with Gasteiger partial charge in [-0.25, -0.2) is 13.2 Å². The Labute approximate surface area is 138 Å². The van der Waals surface area contributed by atoms with Gasteiger partial charge in [0.2, 0.25) is 3.79 Å². The van der Waals surface area contributed by atoms with Crippen molar-refractivity contribution in [3.05, 3.63) is 28.8 Å². The van der Waals surface area contributed by atoms with E-state index < -0.39 is 24.3 Å². The lowest BCUT2D eigenvalue weighted by molar-refractivity contribution is 0.0695.